The van der Waals surface area contributed by atoms with E-state index in [2.05, 4.69) is 14.9 Å². The zero-order chi connectivity index (χ0) is 21.0. The molecule has 2 aromatic carbocycles. The molecule has 0 amide bonds. The van der Waals surface area contributed by atoms with Crippen LogP contribution in [0.1, 0.15) is 28.7 Å². The molecule has 0 aliphatic carbocycles. The first kappa shape index (κ1) is 21.0. The number of nitrogens with one attached hydrogen (secondary N) is 1. The highest BCUT2D eigenvalue weighted by atomic mass is 35.5. The second-order valence-electron chi connectivity index (χ2n) is 6.06. The van der Waals surface area contributed by atoms with Gasteiger partial charge in [0.05, 0.1) is 10.5 Å². The maximum Gasteiger partial charge on any atom is 0.338 e. The molecule has 0 atom stereocenters. The first-order chi connectivity index (χ1) is 13.8. The smallest absolute Gasteiger partial charge is 0.338 e. The summed E-state index contributed by atoms with van der Waals surface area (Å²) in [6.07, 6.45) is 0. The van der Waals surface area contributed by atoms with Crippen LogP contribution in [0.3, 0.4) is 0 Å². The topological polar surface area (TPSA) is 111 Å². The van der Waals surface area contributed by atoms with Crippen LogP contribution in [0.15, 0.2) is 51.8 Å². The van der Waals surface area contributed by atoms with Gasteiger partial charge in [-0.2, -0.15) is 0 Å². The third-order valence-corrected chi connectivity index (χ3v) is 5.75. The van der Waals surface area contributed by atoms with Crippen molar-refractivity contribution in [2.24, 2.45) is 0 Å². The van der Waals surface area contributed by atoms with E-state index in [1.807, 2.05) is 0 Å². The Hall–Kier alpha value is -2.75. The Morgan fingerprint density at radius 1 is 1.17 bits per heavy atom. The Morgan fingerprint density at radius 3 is 2.59 bits per heavy atom. The van der Waals surface area contributed by atoms with Crippen LogP contribution in [0.2, 0.25) is 5.02 Å². The number of ether oxygens (including phenoxy) is 1. The third-order valence-electron chi connectivity index (χ3n) is 3.96. The van der Waals surface area contributed by atoms with E-state index in [1.54, 1.807) is 44.2 Å². The normalized spacial score (nSPS) is 11.4. The van der Waals surface area contributed by atoms with E-state index >= 15 is 0 Å². The average molecular weight is 436 g/mol. The molecular formula is C19H18ClN3O5S. The highest BCUT2D eigenvalue weighted by molar-refractivity contribution is 7.89. The fourth-order valence-electron chi connectivity index (χ4n) is 2.49. The van der Waals surface area contributed by atoms with Crippen molar-refractivity contribution < 1.29 is 22.4 Å². The van der Waals surface area contributed by atoms with Gasteiger partial charge in [0.15, 0.2) is 6.61 Å². The Labute approximate surface area is 172 Å². The number of rotatable bonds is 7. The maximum absolute atomic E-state index is 12.4. The van der Waals surface area contributed by atoms with Crippen molar-refractivity contribution in [1.82, 2.24) is 14.9 Å². The van der Waals surface area contributed by atoms with Crippen LogP contribution in [0.4, 0.5) is 0 Å². The van der Waals surface area contributed by atoms with Crippen LogP contribution in [-0.2, 0) is 21.4 Å². The van der Waals surface area contributed by atoms with Gasteiger partial charge < -0.3 is 9.15 Å². The summed E-state index contributed by atoms with van der Waals surface area (Å²) < 4.78 is 37.4. The number of nitrogens with zero attached hydrogens (tertiary/aromatic N) is 2. The molecule has 8 nitrogen and oxygen atoms in total. The molecule has 10 heteroatoms. The van der Waals surface area contributed by atoms with Gasteiger partial charge >= 0.3 is 5.97 Å². The molecule has 1 N–H and O–H groups in total. The highest BCUT2D eigenvalue weighted by Gasteiger charge is 2.19. The quantitative estimate of drug-likeness (QED) is 0.566. The predicted molar refractivity (Wildman–Crippen MR) is 106 cm³/mol. The van der Waals surface area contributed by atoms with Crippen molar-refractivity contribution in [3.05, 3.63) is 64.5 Å². The van der Waals surface area contributed by atoms with E-state index in [-0.39, 0.29) is 35.4 Å². The Bertz CT molecular complexity index is 1130. The minimum atomic E-state index is -3.69. The molecule has 0 aliphatic heterocycles. The summed E-state index contributed by atoms with van der Waals surface area (Å²) in [5.41, 5.74) is 1.40. The van der Waals surface area contributed by atoms with Gasteiger partial charge in [-0.15, -0.1) is 10.2 Å². The number of benzene rings is 2. The maximum atomic E-state index is 12.4. The van der Waals surface area contributed by atoms with Gasteiger partial charge in [-0.05, 0) is 48.9 Å². The molecular weight excluding hydrogens is 418 g/mol. The Morgan fingerprint density at radius 2 is 1.90 bits per heavy atom. The van der Waals surface area contributed by atoms with Crippen molar-refractivity contribution in [1.29, 1.82) is 0 Å². The monoisotopic (exact) mass is 435 g/mol. The lowest BCUT2D eigenvalue weighted by Crippen LogP contribution is -2.23. The molecule has 0 unspecified atom stereocenters. The first-order valence-electron chi connectivity index (χ1n) is 8.66. The standard InChI is InChI=1S/C19H18ClN3O5S/c1-3-21-29(25,26)15-9-4-12(2)16(10-15)19(24)27-11-17-22-23-18(28-17)13-5-7-14(20)8-6-13/h4-10,21H,3,11H2,1-2H3. The summed E-state index contributed by atoms with van der Waals surface area (Å²) in [6, 6.07) is 11.1. The Balaban J connectivity index is 1.72. The molecule has 0 aliphatic rings. The SMILES string of the molecule is CCNS(=O)(=O)c1ccc(C)c(C(=O)OCc2nnc(-c3ccc(Cl)cc3)o2)c1. The van der Waals surface area contributed by atoms with Gasteiger partial charge in [-0.1, -0.05) is 24.6 Å². The molecule has 0 radical (unpaired) electrons. The fourth-order valence-corrected chi connectivity index (χ4v) is 3.68. The molecule has 3 aromatic rings. The fraction of sp³-hybridized carbons (Fsp3) is 0.211. The first-order valence-corrected chi connectivity index (χ1v) is 10.5. The van der Waals surface area contributed by atoms with Crippen molar-refractivity contribution >= 4 is 27.6 Å². The van der Waals surface area contributed by atoms with Crippen LogP contribution in [0.5, 0.6) is 0 Å². The number of esters is 1. The highest BCUT2D eigenvalue weighted by Crippen LogP contribution is 2.21. The molecule has 0 saturated heterocycles. The van der Waals surface area contributed by atoms with Crippen molar-refractivity contribution in [2.75, 3.05) is 6.54 Å². The van der Waals surface area contributed by atoms with E-state index in [0.717, 1.165) is 0 Å². The van der Waals surface area contributed by atoms with E-state index in [0.29, 0.717) is 16.1 Å². The molecule has 0 saturated carbocycles. The van der Waals surface area contributed by atoms with Crippen LogP contribution in [0.25, 0.3) is 11.5 Å². The second-order valence-corrected chi connectivity index (χ2v) is 8.27. The molecule has 0 bridgehead atoms. The number of aryl methyl sites for hydroxylation is 1. The minimum absolute atomic E-state index is 0.0142. The summed E-state index contributed by atoms with van der Waals surface area (Å²) in [7, 11) is -3.69. The molecule has 3 rings (SSSR count). The average Bonchev–Trinajstić information content (AvgIpc) is 3.16. The van der Waals surface area contributed by atoms with Gasteiger partial charge in [0.25, 0.3) is 5.89 Å². The van der Waals surface area contributed by atoms with Crippen LogP contribution >= 0.6 is 11.6 Å². The van der Waals surface area contributed by atoms with E-state index < -0.39 is 16.0 Å². The molecule has 0 spiro atoms. The van der Waals surface area contributed by atoms with Crippen LogP contribution < -0.4 is 4.72 Å². The van der Waals surface area contributed by atoms with Gasteiger partial charge in [0, 0.05) is 17.1 Å². The number of sulfonamides is 1. The number of aromatic nitrogens is 2. The third kappa shape index (κ3) is 5.00. The second kappa shape index (κ2) is 8.73. The van der Waals surface area contributed by atoms with Crippen molar-refractivity contribution in [2.45, 2.75) is 25.3 Å². The summed E-state index contributed by atoms with van der Waals surface area (Å²) in [5.74, 6) is -0.317. The number of hydrogen-bond acceptors (Lipinski definition) is 7. The summed E-state index contributed by atoms with van der Waals surface area (Å²) in [6.45, 7) is 3.35. The van der Waals surface area contributed by atoms with E-state index in [1.165, 1.54) is 12.1 Å². The van der Waals surface area contributed by atoms with E-state index in [4.69, 9.17) is 20.8 Å². The van der Waals surface area contributed by atoms with Gasteiger partial charge in [-0.25, -0.2) is 17.9 Å². The Kier molecular flexibility index (Phi) is 6.31. The summed E-state index contributed by atoms with van der Waals surface area (Å²) >= 11 is 5.85. The number of carbonyl (C=O) groups excluding carboxylic acids is 1. The predicted octanol–water partition coefficient (Wildman–Crippen LogP) is 3.35. The van der Waals surface area contributed by atoms with Gasteiger partial charge in [-0.3, -0.25) is 0 Å². The zero-order valence-electron chi connectivity index (χ0n) is 15.7. The molecule has 1 aromatic heterocycles. The number of halogens is 1. The lowest BCUT2D eigenvalue weighted by atomic mass is 10.1. The number of hydrogen-bond donors (Lipinski definition) is 1. The van der Waals surface area contributed by atoms with Gasteiger partial charge in [0.2, 0.25) is 15.9 Å². The van der Waals surface area contributed by atoms with Crippen molar-refractivity contribution in [3.8, 4) is 11.5 Å². The largest absolute Gasteiger partial charge is 0.452 e. The van der Waals surface area contributed by atoms with Crippen LogP contribution in [0, 0.1) is 6.92 Å². The van der Waals surface area contributed by atoms with Gasteiger partial charge in [0.1, 0.15) is 0 Å². The van der Waals surface area contributed by atoms with Crippen molar-refractivity contribution in [3.63, 3.8) is 0 Å². The van der Waals surface area contributed by atoms with E-state index in [9.17, 15) is 13.2 Å². The zero-order valence-corrected chi connectivity index (χ0v) is 17.2. The molecule has 1 heterocycles. The van der Waals surface area contributed by atoms with Crippen LogP contribution in [-0.4, -0.2) is 31.1 Å². The molecule has 0 fully saturated rings. The summed E-state index contributed by atoms with van der Waals surface area (Å²) in [5, 5.41) is 8.34. The minimum Gasteiger partial charge on any atom is -0.452 e. The number of carbonyl (C=O) groups is 1. The molecule has 29 heavy (non-hydrogen) atoms. The molecule has 152 valence electrons. The lowest BCUT2D eigenvalue weighted by Gasteiger charge is -2.09. The summed E-state index contributed by atoms with van der Waals surface area (Å²) in [4.78, 5) is 12.4. The lowest BCUT2D eigenvalue weighted by molar-refractivity contribution is 0.0437.